The summed E-state index contributed by atoms with van der Waals surface area (Å²) >= 11 is 13.6. The molecule has 2 aromatic rings. The number of thioether (sulfide) groups is 1. The molecule has 0 unspecified atom stereocenters. The number of halogens is 2. The molecule has 1 fully saturated rings. The lowest BCUT2D eigenvalue weighted by molar-refractivity contribution is 0.0962. The van der Waals surface area contributed by atoms with Gasteiger partial charge in [0.1, 0.15) is 0 Å². The summed E-state index contributed by atoms with van der Waals surface area (Å²) in [6.45, 7) is 6.09. The number of aliphatic imine (C=N–C) groups is 1. The van der Waals surface area contributed by atoms with Gasteiger partial charge in [-0.05, 0) is 51.0 Å². The zero-order valence-corrected chi connectivity index (χ0v) is 18.2. The van der Waals surface area contributed by atoms with Gasteiger partial charge in [0.25, 0.3) is 0 Å². The summed E-state index contributed by atoms with van der Waals surface area (Å²) in [7, 11) is 0. The molecule has 1 aromatic carbocycles. The maximum atomic E-state index is 6.06. The Morgan fingerprint density at radius 2 is 2.14 bits per heavy atom. The van der Waals surface area contributed by atoms with E-state index in [4.69, 9.17) is 27.9 Å². The Balaban J connectivity index is 1.50. The van der Waals surface area contributed by atoms with Gasteiger partial charge in [0.05, 0.1) is 27.5 Å². The van der Waals surface area contributed by atoms with E-state index in [2.05, 4.69) is 40.0 Å². The molecule has 1 atom stereocenters. The molecule has 2 aliphatic rings. The number of hydrogen-bond donors (Lipinski definition) is 1. The maximum absolute atomic E-state index is 6.06. The third-order valence-corrected chi connectivity index (χ3v) is 6.67. The Morgan fingerprint density at radius 3 is 2.82 bits per heavy atom. The van der Waals surface area contributed by atoms with Gasteiger partial charge in [-0.1, -0.05) is 35.0 Å². The fourth-order valence-corrected chi connectivity index (χ4v) is 4.62. The Bertz CT molecular complexity index is 948. The molecule has 4 rings (SSSR count). The second kappa shape index (κ2) is 8.49. The number of nitrogens with zero attached hydrogens (tertiary/aromatic N) is 3. The molecule has 3 heterocycles. The van der Waals surface area contributed by atoms with Crippen molar-refractivity contribution in [3.63, 3.8) is 0 Å². The van der Waals surface area contributed by atoms with Gasteiger partial charge < -0.3 is 9.30 Å². The number of rotatable bonds is 4. The maximum Gasteiger partial charge on any atom is 0.182 e. The summed E-state index contributed by atoms with van der Waals surface area (Å²) in [5.41, 5.74) is 8.51. The molecule has 1 aromatic heterocycles. The first-order chi connectivity index (χ1) is 13.5. The number of aryl methyl sites for hydroxylation is 1. The predicted molar refractivity (Wildman–Crippen MR) is 119 cm³/mol. The first kappa shape index (κ1) is 19.8. The zero-order valence-electron chi connectivity index (χ0n) is 15.8. The van der Waals surface area contributed by atoms with E-state index in [0.717, 1.165) is 48.3 Å². The van der Waals surface area contributed by atoms with E-state index in [1.807, 2.05) is 6.07 Å². The monoisotopic (exact) mass is 436 g/mol. The van der Waals surface area contributed by atoms with Gasteiger partial charge in [0.15, 0.2) is 5.17 Å². The van der Waals surface area contributed by atoms with E-state index in [1.165, 1.54) is 17.0 Å². The molecule has 0 amide bonds. The van der Waals surface area contributed by atoms with E-state index in [1.54, 1.807) is 23.9 Å². The summed E-state index contributed by atoms with van der Waals surface area (Å²) in [6, 6.07) is 7.54. The van der Waals surface area contributed by atoms with Gasteiger partial charge in [-0.25, -0.2) is 4.99 Å². The molecule has 28 heavy (non-hydrogen) atoms. The first-order valence-corrected chi connectivity index (χ1v) is 11.0. The van der Waals surface area contributed by atoms with Crippen molar-refractivity contribution in [2.24, 2.45) is 10.1 Å². The van der Waals surface area contributed by atoms with E-state index in [9.17, 15) is 0 Å². The highest BCUT2D eigenvalue weighted by molar-refractivity contribution is 8.14. The third-order valence-electron chi connectivity index (χ3n) is 5.06. The van der Waals surface area contributed by atoms with Crippen molar-refractivity contribution in [1.82, 2.24) is 9.99 Å². The van der Waals surface area contributed by atoms with Crippen LogP contribution in [0.2, 0.25) is 10.0 Å². The fourth-order valence-electron chi connectivity index (χ4n) is 3.55. The van der Waals surface area contributed by atoms with Crippen LogP contribution in [0.3, 0.4) is 0 Å². The number of hydrogen-bond acceptors (Lipinski definition) is 4. The summed E-state index contributed by atoms with van der Waals surface area (Å²) in [5, 5.41) is 6.34. The quantitative estimate of drug-likeness (QED) is 0.705. The standard InChI is InChI=1S/C20H22Cl2N4OS/c1-12-8-16(13(2)26(12)10-15-4-3-7-27-15)19-11-28-20(25-24-19)23-14-5-6-17(21)18(22)9-14/h5-6,8-9,15H,3-4,7,10-11H2,1-2H3,(H,23,25)/t15-/m1/s1. The van der Waals surface area contributed by atoms with Crippen LogP contribution in [-0.2, 0) is 11.3 Å². The van der Waals surface area contributed by atoms with Crippen LogP contribution in [0.1, 0.15) is 29.8 Å². The van der Waals surface area contributed by atoms with Crippen molar-refractivity contribution in [3.8, 4) is 0 Å². The molecule has 0 aliphatic carbocycles. The molecular formula is C20H22Cl2N4OS. The highest BCUT2D eigenvalue weighted by atomic mass is 35.5. The Morgan fingerprint density at radius 1 is 1.29 bits per heavy atom. The molecule has 1 N–H and O–H groups in total. The molecule has 0 bridgehead atoms. The Labute approximate surface area is 179 Å². The molecular weight excluding hydrogens is 415 g/mol. The molecule has 148 valence electrons. The second-order valence-corrected chi connectivity index (χ2v) is 8.78. The number of benzene rings is 1. The van der Waals surface area contributed by atoms with Crippen LogP contribution < -0.4 is 5.43 Å². The van der Waals surface area contributed by atoms with E-state index in [0.29, 0.717) is 16.1 Å². The highest BCUT2D eigenvalue weighted by Crippen LogP contribution is 2.28. The van der Waals surface area contributed by atoms with Crippen molar-refractivity contribution < 1.29 is 4.74 Å². The lowest BCUT2D eigenvalue weighted by Crippen LogP contribution is -2.25. The predicted octanol–water partition coefficient (Wildman–Crippen LogP) is 5.32. The van der Waals surface area contributed by atoms with Gasteiger partial charge >= 0.3 is 0 Å². The lowest BCUT2D eigenvalue weighted by Gasteiger charge is -2.17. The van der Waals surface area contributed by atoms with Crippen molar-refractivity contribution >= 4 is 51.5 Å². The smallest absolute Gasteiger partial charge is 0.182 e. The highest BCUT2D eigenvalue weighted by Gasteiger charge is 2.22. The molecule has 0 radical (unpaired) electrons. The van der Waals surface area contributed by atoms with Gasteiger partial charge in [0.2, 0.25) is 0 Å². The molecule has 8 heteroatoms. The Kier molecular flexibility index (Phi) is 6.01. The van der Waals surface area contributed by atoms with Gasteiger partial charge in [-0.15, -0.1) is 0 Å². The summed E-state index contributed by atoms with van der Waals surface area (Å²) in [6.07, 6.45) is 2.62. The largest absolute Gasteiger partial charge is 0.376 e. The van der Waals surface area contributed by atoms with Crippen LogP contribution in [0.5, 0.6) is 0 Å². The number of nitrogens with one attached hydrogen (secondary N) is 1. The summed E-state index contributed by atoms with van der Waals surface area (Å²) in [5.74, 6) is 0.761. The van der Waals surface area contributed by atoms with Crippen LogP contribution in [0.4, 0.5) is 5.69 Å². The van der Waals surface area contributed by atoms with Crippen LogP contribution in [0.15, 0.2) is 34.4 Å². The molecule has 0 spiro atoms. The van der Waals surface area contributed by atoms with E-state index < -0.39 is 0 Å². The summed E-state index contributed by atoms with van der Waals surface area (Å²) in [4.78, 5) is 4.56. The van der Waals surface area contributed by atoms with E-state index in [-0.39, 0.29) is 0 Å². The van der Waals surface area contributed by atoms with Crippen LogP contribution in [-0.4, -0.2) is 33.9 Å². The van der Waals surface area contributed by atoms with Crippen molar-refractivity contribution in [2.45, 2.75) is 39.3 Å². The van der Waals surface area contributed by atoms with Crippen LogP contribution in [0, 0.1) is 13.8 Å². The topological polar surface area (TPSA) is 50.9 Å². The SMILES string of the molecule is Cc1cc(C2=NNC(=Nc3ccc(Cl)c(Cl)c3)SC2)c(C)n1C[C@H]1CCCO1. The van der Waals surface area contributed by atoms with E-state index >= 15 is 0 Å². The number of amidine groups is 1. The van der Waals surface area contributed by atoms with Gasteiger partial charge in [0, 0.05) is 35.9 Å². The minimum Gasteiger partial charge on any atom is -0.376 e. The van der Waals surface area contributed by atoms with Gasteiger partial charge in [-0.3, -0.25) is 5.43 Å². The Hall–Kier alpha value is -1.47. The van der Waals surface area contributed by atoms with Crippen molar-refractivity contribution in [3.05, 3.63) is 51.3 Å². The lowest BCUT2D eigenvalue weighted by atomic mass is 10.1. The number of aromatic nitrogens is 1. The second-order valence-electron chi connectivity index (χ2n) is 7.00. The molecule has 0 saturated carbocycles. The molecule has 5 nitrogen and oxygen atoms in total. The third kappa shape index (κ3) is 4.25. The average Bonchev–Trinajstić information content (AvgIpc) is 3.29. The van der Waals surface area contributed by atoms with Crippen molar-refractivity contribution in [1.29, 1.82) is 0 Å². The number of hydrazone groups is 1. The average molecular weight is 437 g/mol. The van der Waals surface area contributed by atoms with Crippen molar-refractivity contribution in [2.75, 3.05) is 12.4 Å². The molecule has 1 saturated heterocycles. The van der Waals surface area contributed by atoms with Crippen LogP contribution >= 0.6 is 35.0 Å². The number of ether oxygens (including phenoxy) is 1. The molecule has 2 aliphatic heterocycles. The normalized spacial score (nSPS) is 21.1. The summed E-state index contributed by atoms with van der Waals surface area (Å²) < 4.78 is 8.15. The minimum absolute atomic E-state index is 0.323. The minimum atomic E-state index is 0.323. The first-order valence-electron chi connectivity index (χ1n) is 9.29. The van der Waals surface area contributed by atoms with Crippen LogP contribution in [0.25, 0.3) is 0 Å². The zero-order chi connectivity index (χ0) is 19.7. The fraction of sp³-hybridized carbons (Fsp3) is 0.400. The van der Waals surface area contributed by atoms with Gasteiger partial charge in [-0.2, -0.15) is 5.10 Å².